The zero-order valence-corrected chi connectivity index (χ0v) is 14.9. The smallest absolute Gasteiger partial charge is 0.243 e. The van der Waals surface area contributed by atoms with Crippen LogP contribution in [0.4, 0.5) is 10.3 Å². The summed E-state index contributed by atoms with van der Waals surface area (Å²) >= 11 is 0. The summed E-state index contributed by atoms with van der Waals surface area (Å²) < 4.78 is 26.4. The van der Waals surface area contributed by atoms with E-state index in [2.05, 4.69) is 27.4 Å². The van der Waals surface area contributed by atoms with Gasteiger partial charge in [-0.15, -0.1) is 6.58 Å². The largest absolute Gasteiger partial charge is 0.493 e. The number of anilines is 1. The maximum Gasteiger partial charge on any atom is 0.243 e. The number of halogens is 1. The van der Waals surface area contributed by atoms with Crippen molar-refractivity contribution in [2.24, 2.45) is 0 Å². The molecule has 0 saturated heterocycles. The van der Waals surface area contributed by atoms with E-state index in [0.29, 0.717) is 36.1 Å². The molecule has 1 N–H and O–H groups in total. The van der Waals surface area contributed by atoms with Gasteiger partial charge in [0.1, 0.15) is 12.4 Å². The molecule has 0 amide bonds. The number of aromatic nitrogens is 4. The van der Waals surface area contributed by atoms with E-state index in [-0.39, 0.29) is 12.4 Å². The van der Waals surface area contributed by atoms with Gasteiger partial charge in [-0.2, -0.15) is 0 Å². The van der Waals surface area contributed by atoms with Crippen LogP contribution in [0.2, 0.25) is 0 Å². The minimum atomic E-state index is -0.297. The first-order valence-corrected chi connectivity index (χ1v) is 8.35. The van der Waals surface area contributed by atoms with Crippen LogP contribution in [0.1, 0.15) is 11.1 Å². The number of benzene rings is 2. The summed E-state index contributed by atoms with van der Waals surface area (Å²) in [6.07, 6.45) is 1.71. The minimum absolute atomic E-state index is 0.122. The number of tetrazole rings is 1. The van der Waals surface area contributed by atoms with Crippen LogP contribution >= 0.6 is 0 Å². The molecule has 0 bridgehead atoms. The van der Waals surface area contributed by atoms with Crippen LogP contribution < -0.4 is 14.8 Å². The van der Waals surface area contributed by atoms with Gasteiger partial charge >= 0.3 is 0 Å². The van der Waals surface area contributed by atoms with Crippen LogP contribution in [0.3, 0.4) is 0 Å². The molecule has 2 aromatic carbocycles. The Morgan fingerprint density at radius 3 is 2.85 bits per heavy atom. The zero-order valence-electron chi connectivity index (χ0n) is 14.9. The molecule has 0 aliphatic heterocycles. The Labute approximate surface area is 156 Å². The van der Waals surface area contributed by atoms with Crippen molar-refractivity contribution in [3.05, 3.63) is 72.1 Å². The van der Waals surface area contributed by atoms with E-state index in [1.54, 1.807) is 42.1 Å². The third kappa shape index (κ3) is 4.60. The molecular formula is C19H20FN5O2. The number of allylic oxidation sites excluding steroid dienone is 1. The van der Waals surface area contributed by atoms with Crippen LogP contribution in [0.5, 0.6) is 11.5 Å². The second-order valence-corrected chi connectivity index (χ2v) is 5.69. The first kappa shape index (κ1) is 18.4. The first-order valence-electron chi connectivity index (χ1n) is 8.35. The summed E-state index contributed by atoms with van der Waals surface area (Å²) in [5, 5.41) is 14.6. The fourth-order valence-corrected chi connectivity index (χ4v) is 2.47. The van der Waals surface area contributed by atoms with E-state index < -0.39 is 0 Å². The molecule has 0 aliphatic rings. The molecule has 1 aromatic heterocycles. The summed E-state index contributed by atoms with van der Waals surface area (Å²) in [5.74, 6) is 1.36. The molecule has 27 heavy (non-hydrogen) atoms. The normalized spacial score (nSPS) is 10.4. The van der Waals surface area contributed by atoms with Crippen LogP contribution in [0.25, 0.3) is 0 Å². The Morgan fingerprint density at radius 1 is 1.22 bits per heavy atom. The summed E-state index contributed by atoms with van der Waals surface area (Å²) in [5.41, 5.74) is 1.44. The van der Waals surface area contributed by atoms with Crippen molar-refractivity contribution < 1.29 is 13.9 Å². The van der Waals surface area contributed by atoms with Gasteiger partial charge < -0.3 is 14.8 Å². The predicted octanol–water partition coefficient (Wildman–Crippen LogP) is 3.20. The van der Waals surface area contributed by atoms with Crippen molar-refractivity contribution in [3.8, 4) is 11.5 Å². The molecular weight excluding hydrogens is 349 g/mol. The summed E-state index contributed by atoms with van der Waals surface area (Å²) in [4.78, 5) is 0. The third-order valence-corrected chi connectivity index (χ3v) is 3.85. The highest BCUT2D eigenvalue weighted by Crippen LogP contribution is 2.29. The highest BCUT2D eigenvalue weighted by molar-refractivity contribution is 5.44. The van der Waals surface area contributed by atoms with Gasteiger partial charge in [-0.3, -0.25) is 0 Å². The lowest BCUT2D eigenvalue weighted by Crippen LogP contribution is -2.08. The highest BCUT2D eigenvalue weighted by Gasteiger charge is 2.09. The lowest BCUT2D eigenvalue weighted by molar-refractivity contribution is 0.279. The van der Waals surface area contributed by atoms with E-state index in [4.69, 9.17) is 9.47 Å². The second-order valence-electron chi connectivity index (χ2n) is 5.69. The standard InChI is InChI=1S/C19H20FN5O2/c1-3-10-25-19(22-23-24-25)21-12-14-8-9-17(18(11-14)26-2)27-13-15-6-4-5-7-16(15)20/h3-9,11H,1,10,12-13H2,2H3,(H,21,22,24). The topological polar surface area (TPSA) is 74.1 Å². The first-order chi connectivity index (χ1) is 13.2. The zero-order chi connectivity index (χ0) is 19.1. The molecule has 1 heterocycles. The molecule has 140 valence electrons. The molecule has 0 fully saturated rings. The predicted molar refractivity (Wildman–Crippen MR) is 99.1 cm³/mol. The van der Waals surface area contributed by atoms with Gasteiger partial charge in [0.15, 0.2) is 11.5 Å². The number of hydrogen-bond acceptors (Lipinski definition) is 6. The molecule has 8 heteroatoms. The monoisotopic (exact) mass is 369 g/mol. The van der Waals surface area contributed by atoms with Crippen molar-refractivity contribution in [3.63, 3.8) is 0 Å². The number of rotatable bonds is 9. The Balaban J connectivity index is 1.66. The van der Waals surface area contributed by atoms with Crippen molar-refractivity contribution in [2.45, 2.75) is 19.7 Å². The van der Waals surface area contributed by atoms with Gasteiger partial charge in [0, 0.05) is 12.1 Å². The van der Waals surface area contributed by atoms with Crippen molar-refractivity contribution in [1.82, 2.24) is 20.2 Å². The van der Waals surface area contributed by atoms with E-state index in [9.17, 15) is 4.39 Å². The average molecular weight is 369 g/mol. The Bertz CT molecular complexity index is 913. The Morgan fingerprint density at radius 2 is 2.07 bits per heavy atom. The highest BCUT2D eigenvalue weighted by atomic mass is 19.1. The molecule has 0 atom stereocenters. The Hall–Kier alpha value is -3.42. The summed E-state index contributed by atoms with van der Waals surface area (Å²) in [6.45, 7) is 4.81. The van der Waals surface area contributed by atoms with E-state index >= 15 is 0 Å². The van der Waals surface area contributed by atoms with E-state index in [1.165, 1.54) is 6.07 Å². The molecule has 0 aliphatic carbocycles. The van der Waals surface area contributed by atoms with Crippen molar-refractivity contribution >= 4 is 5.95 Å². The number of hydrogen-bond donors (Lipinski definition) is 1. The van der Waals surface area contributed by atoms with Crippen LogP contribution in [0, 0.1) is 5.82 Å². The van der Waals surface area contributed by atoms with Gasteiger partial charge in [-0.1, -0.05) is 35.4 Å². The second kappa shape index (κ2) is 8.79. The van der Waals surface area contributed by atoms with E-state index in [0.717, 1.165) is 5.56 Å². The molecule has 3 rings (SSSR count). The molecule has 0 saturated carbocycles. The number of methoxy groups -OCH3 is 1. The molecule has 0 spiro atoms. The molecule has 7 nitrogen and oxygen atoms in total. The number of nitrogens with zero attached hydrogens (tertiary/aromatic N) is 4. The van der Waals surface area contributed by atoms with Gasteiger partial charge in [-0.25, -0.2) is 9.07 Å². The summed E-state index contributed by atoms with van der Waals surface area (Å²) in [6, 6.07) is 12.1. The van der Waals surface area contributed by atoms with Gasteiger partial charge in [0.2, 0.25) is 5.95 Å². The van der Waals surface area contributed by atoms with Gasteiger partial charge in [0.05, 0.1) is 13.7 Å². The average Bonchev–Trinajstić information content (AvgIpc) is 3.13. The van der Waals surface area contributed by atoms with Gasteiger partial charge in [-0.05, 0) is 34.2 Å². The quantitative estimate of drug-likeness (QED) is 0.584. The molecule has 0 radical (unpaired) electrons. The van der Waals surface area contributed by atoms with Crippen LogP contribution in [-0.2, 0) is 19.7 Å². The fraction of sp³-hybridized carbons (Fsp3) is 0.211. The number of nitrogens with one attached hydrogen (secondary N) is 1. The van der Waals surface area contributed by atoms with E-state index in [1.807, 2.05) is 12.1 Å². The molecule has 0 unspecified atom stereocenters. The Kier molecular flexibility index (Phi) is 5.98. The summed E-state index contributed by atoms with van der Waals surface area (Å²) in [7, 11) is 1.56. The minimum Gasteiger partial charge on any atom is -0.493 e. The van der Waals surface area contributed by atoms with Crippen LogP contribution in [0.15, 0.2) is 55.1 Å². The third-order valence-electron chi connectivity index (χ3n) is 3.85. The van der Waals surface area contributed by atoms with Gasteiger partial charge in [0.25, 0.3) is 0 Å². The van der Waals surface area contributed by atoms with Crippen molar-refractivity contribution in [2.75, 3.05) is 12.4 Å². The fourth-order valence-electron chi connectivity index (χ4n) is 2.47. The SMILES string of the molecule is C=CCn1nnnc1NCc1ccc(OCc2ccccc2F)c(OC)c1. The lowest BCUT2D eigenvalue weighted by atomic mass is 10.2. The van der Waals surface area contributed by atoms with Crippen molar-refractivity contribution in [1.29, 1.82) is 0 Å². The maximum atomic E-state index is 13.7. The van der Waals surface area contributed by atoms with Crippen LogP contribution in [-0.4, -0.2) is 27.3 Å². The number of ether oxygens (including phenoxy) is 2. The molecule has 3 aromatic rings. The lowest BCUT2D eigenvalue weighted by Gasteiger charge is -2.13. The maximum absolute atomic E-state index is 13.7.